The molecule has 132 valence electrons. The van der Waals surface area contributed by atoms with Crippen molar-refractivity contribution in [3.8, 4) is 6.07 Å². The molecule has 2 aromatic carbocycles. The molecule has 5 nitrogen and oxygen atoms in total. The Bertz CT molecular complexity index is 847. The highest BCUT2D eigenvalue weighted by molar-refractivity contribution is 6.09. The first-order valence-electron chi connectivity index (χ1n) is 8.59. The van der Waals surface area contributed by atoms with E-state index in [1.165, 1.54) is 0 Å². The first kappa shape index (κ1) is 17.7. The van der Waals surface area contributed by atoms with Gasteiger partial charge < -0.3 is 15.0 Å². The van der Waals surface area contributed by atoms with Crippen molar-refractivity contribution in [2.24, 2.45) is 0 Å². The summed E-state index contributed by atoms with van der Waals surface area (Å²) >= 11 is 0. The molecule has 1 amide bonds. The number of nitriles is 1. The van der Waals surface area contributed by atoms with Gasteiger partial charge in [0.1, 0.15) is 11.6 Å². The number of hydrogen-bond acceptors (Lipinski definition) is 4. The summed E-state index contributed by atoms with van der Waals surface area (Å²) in [7, 11) is 0. The van der Waals surface area contributed by atoms with Gasteiger partial charge in [-0.15, -0.1) is 0 Å². The number of anilines is 2. The van der Waals surface area contributed by atoms with Crippen LogP contribution >= 0.6 is 0 Å². The molecule has 0 unspecified atom stereocenters. The lowest BCUT2D eigenvalue weighted by Crippen LogP contribution is -2.36. The molecule has 2 aromatic rings. The number of carbonyl (C=O) groups excluding carboxylic acids is 1. The molecular weight excluding hydrogens is 326 g/mol. The second kappa shape index (κ2) is 8.32. The molecule has 0 aliphatic carbocycles. The van der Waals surface area contributed by atoms with Gasteiger partial charge in [-0.1, -0.05) is 24.3 Å². The average Bonchev–Trinajstić information content (AvgIpc) is 2.68. The van der Waals surface area contributed by atoms with Gasteiger partial charge in [0, 0.05) is 24.5 Å². The third kappa shape index (κ3) is 4.29. The summed E-state index contributed by atoms with van der Waals surface area (Å²) in [6.45, 7) is 5.20. The molecule has 3 rings (SSSR count). The molecular formula is C21H21N3O2. The van der Waals surface area contributed by atoms with Crippen molar-refractivity contribution in [1.82, 2.24) is 0 Å². The third-order valence-electron chi connectivity index (χ3n) is 4.33. The van der Waals surface area contributed by atoms with Crippen molar-refractivity contribution in [1.29, 1.82) is 5.26 Å². The smallest absolute Gasteiger partial charge is 0.266 e. The number of aryl methyl sites for hydroxylation is 1. The largest absolute Gasteiger partial charge is 0.378 e. The lowest BCUT2D eigenvalue weighted by Gasteiger charge is -2.29. The Morgan fingerprint density at radius 1 is 1.19 bits per heavy atom. The molecule has 26 heavy (non-hydrogen) atoms. The minimum absolute atomic E-state index is 0.0797. The van der Waals surface area contributed by atoms with Crippen molar-refractivity contribution in [2.45, 2.75) is 6.92 Å². The van der Waals surface area contributed by atoms with Crippen LogP contribution in [0, 0.1) is 18.3 Å². The summed E-state index contributed by atoms with van der Waals surface area (Å²) in [6.07, 6.45) is 1.64. The second-order valence-electron chi connectivity index (χ2n) is 6.13. The Labute approximate surface area is 153 Å². The molecule has 1 heterocycles. The minimum Gasteiger partial charge on any atom is -0.378 e. The van der Waals surface area contributed by atoms with Crippen LogP contribution in [0.25, 0.3) is 6.08 Å². The van der Waals surface area contributed by atoms with Gasteiger partial charge >= 0.3 is 0 Å². The van der Waals surface area contributed by atoms with Gasteiger partial charge in [0.2, 0.25) is 0 Å². The van der Waals surface area contributed by atoms with Gasteiger partial charge in [0.05, 0.1) is 13.2 Å². The predicted octanol–water partition coefficient (Wildman–Crippen LogP) is 3.38. The molecule has 0 spiro atoms. The van der Waals surface area contributed by atoms with E-state index in [-0.39, 0.29) is 5.57 Å². The Morgan fingerprint density at radius 3 is 2.58 bits per heavy atom. The summed E-state index contributed by atoms with van der Waals surface area (Å²) in [4.78, 5) is 14.6. The highest BCUT2D eigenvalue weighted by Gasteiger charge is 2.13. The molecule has 0 radical (unpaired) electrons. The first-order valence-corrected chi connectivity index (χ1v) is 8.59. The minimum atomic E-state index is -0.407. The summed E-state index contributed by atoms with van der Waals surface area (Å²) in [5, 5.41) is 12.1. The Balaban J connectivity index is 1.78. The van der Waals surface area contributed by atoms with Gasteiger partial charge in [-0.2, -0.15) is 5.26 Å². The maximum atomic E-state index is 12.3. The van der Waals surface area contributed by atoms with Crippen LogP contribution in [0.4, 0.5) is 11.4 Å². The summed E-state index contributed by atoms with van der Waals surface area (Å²) < 4.78 is 5.39. The predicted molar refractivity (Wildman–Crippen MR) is 103 cm³/mol. The van der Waals surface area contributed by atoms with Crippen molar-refractivity contribution >= 4 is 23.4 Å². The molecule has 5 heteroatoms. The van der Waals surface area contributed by atoms with E-state index in [1.807, 2.05) is 43.3 Å². The molecule has 0 aromatic heterocycles. The zero-order chi connectivity index (χ0) is 18.4. The Kier molecular flexibility index (Phi) is 5.67. The van der Waals surface area contributed by atoms with Crippen LogP contribution in [0.5, 0.6) is 0 Å². The van der Waals surface area contributed by atoms with Gasteiger partial charge in [-0.3, -0.25) is 4.79 Å². The van der Waals surface area contributed by atoms with E-state index in [0.717, 1.165) is 43.1 Å². The standard InChI is InChI=1S/C21H21N3O2/c1-16-13-20(24-9-11-26-12-10-24)8-7-17(16)14-18(15-22)21(25)23-19-5-3-2-4-6-19/h2-8,13-14H,9-12H2,1H3,(H,23,25)/b18-14-. The lowest BCUT2D eigenvalue weighted by molar-refractivity contribution is -0.112. The Morgan fingerprint density at radius 2 is 1.92 bits per heavy atom. The molecule has 1 saturated heterocycles. The normalized spacial score (nSPS) is 14.6. The van der Waals surface area contributed by atoms with E-state index in [1.54, 1.807) is 18.2 Å². The van der Waals surface area contributed by atoms with Crippen LogP contribution in [-0.4, -0.2) is 32.2 Å². The van der Waals surface area contributed by atoms with E-state index in [2.05, 4.69) is 16.3 Å². The number of amides is 1. The fourth-order valence-corrected chi connectivity index (χ4v) is 2.86. The number of rotatable bonds is 4. The van der Waals surface area contributed by atoms with Gasteiger partial charge in [0.25, 0.3) is 5.91 Å². The van der Waals surface area contributed by atoms with E-state index in [0.29, 0.717) is 5.69 Å². The number of ether oxygens (including phenoxy) is 1. The van der Waals surface area contributed by atoms with Gasteiger partial charge in [-0.25, -0.2) is 0 Å². The second-order valence-corrected chi connectivity index (χ2v) is 6.13. The fourth-order valence-electron chi connectivity index (χ4n) is 2.86. The van der Waals surface area contributed by atoms with Crippen LogP contribution in [0.15, 0.2) is 54.1 Å². The molecule has 0 bridgehead atoms. The highest BCUT2D eigenvalue weighted by atomic mass is 16.5. The molecule has 0 saturated carbocycles. The number of carbonyl (C=O) groups is 1. The van der Waals surface area contributed by atoms with E-state index in [4.69, 9.17) is 4.74 Å². The topological polar surface area (TPSA) is 65.4 Å². The van der Waals surface area contributed by atoms with Crippen LogP contribution in [0.3, 0.4) is 0 Å². The van der Waals surface area contributed by atoms with Crippen molar-refractivity contribution in [2.75, 3.05) is 36.5 Å². The number of benzene rings is 2. The summed E-state index contributed by atoms with van der Waals surface area (Å²) in [5.41, 5.74) is 3.76. The summed E-state index contributed by atoms with van der Waals surface area (Å²) in [6, 6.07) is 17.2. The zero-order valence-electron chi connectivity index (χ0n) is 14.7. The van der Waals surface area contributed by atoms with E-state index in [9.17, 15) is 10.1 Å². The van der Waals surface area contributed by atoms with Crippen LogP contribution in [-0.2, 0) is 9.53 Å². The third-order valence-corrected chi connectivity index (χ3v) is 4.33. The van der Waals surface area contributed by atoms with E-state index < -0.39 is 5.91 Å². The van der Waals surface area contributed by atoms with Crippen LogP contribution in [0.1, 0.15) is 11.1 Å². The Hall–Kier alpha value is -3.10. The maximum Gasteiger partial charge on any atom is 0.266 e. The van der Waals surface area contributed by atoms with Gasteiger partial charge in [-0.05, 0) is 48.4 Å². The highest BCUT2D eigenvalue weighted by Crippen LogP contribution is 2.22. The number of nitrogens with zero attached hydrogens (tertiary/aromatic N) is 2. The van der Waals surface area contributed by atoms with Crippen LogP contribution < -0.4 is 10.2 Å². The zero-order valence-corrected chi connectivity index (χ0v) is 14.7. The van der Waals surface area contributed by atoms with E-state index >= 15 is 0 Å². The van der Waals surface area contributed by atoms with Crippen molar-refractivity contribution < 1.29 is 9.53 Å². The SMILES string of the molecule is Cc1cc(N2CCOCC2)ccc1/C=C(/C#N)C(=O)Nc1ccccc1. The molecule has 1 aliphatic heterocycles. The monoisotopic (exact) mass is 347 g/mol. The molecule has 1 fully saturated rings. The number of morpholine rings is 1. The first-order chi connectivity index (χ1) is 12.7. The fraction of sp³-hybridized carbons (Fsp3) is 0.238. The number of para-hydroxylation sites is 1. The van der Waals surface area contributed by atoms with Crippen LogP contribution in [0.2, 0.25) is 0 Å². The summed E-state index contributed by atoms with van der Waals surface area (Å²) in [5.74, 6) is -0.407. The molecule has 1 aliphatic rings. The molecule has 1 N–H and O–H groups in total. The average molecular weight is 347 g/mol. The number of nitrogens with one attached hydrogen (secondary N) is 1. The van der Waals surface area contributed by atoms with Crippen molar-refractivity contribution in [3.05, 3.63) is 65.2 Å². The lowest BCUT2D eigenvalue weighted by atomic mass is 10.0. The molecule has 0 atom stereocenters. The number of hydrogen-bond donors (Lipinski definition) is 1. The quantitative estimate of drug-likeness (QED) is 0.680. The maximum absolute atomic E-state index is 12.3. The van der Waals surface area contributed by atoms with Gasteiger partial charge in [0.15, 0.2) is 0 Å². The van der Waals surface area contributed by atoms with Crippen molar-refractivity contribution in [3.63, 3.8) is 0 Å².